The number of rotatable bonds is 6. The molecule has 1 saturated carbocycles. The second-order valence-corrected chi connectivity index (χ2v) is 5.10. The molecule has 21 heavy (non-hydrogen) atoms. The summed E-state index contributed by atoms with van der Waals surface area (Å²) in [5.41, 5.74) is 7.10. The Balaban J connectivity index is 1.89. The number of nitrogens with zero attached hydrogens (tertiary/aromatic N) is 1. The molecule has 1 aliphatic carbocycles. The van der Waals surface area contributed by atoms with E-state index in [1.807, 2.05) is 0 Å². The van der Waals surface area contributed by atoms with Crippen molar-refractivity contribution < 1.29 is 22.7 Å². The van der Waals surface area contributed by atoms with Crippen molar-refractivity contribution >= 4 is 11.6 Å². The van der Waals surface area contributed by atoms with Crippen LogP contribution in [0.5, 0.6) is 0 Å². The zero-order valence-electron chi connectivity index (χ0n) is 11.4. The number of hydrogen-bond acceptors (Lipinski definition) is 3. The second-order valence-electron chi connectivity index (χ2n) is 5.10. The third-order valence-corrected chi connectivity index (χ3v) is 3.13. The lowest BCUT2D eigenvalue weighted by atomic mass is 10.2. The monoisotopic (exact) mass is 302 g/mol. The highest BCUT2D eigenvalue weighted by atomic mass is 19.4. The Hall–Kier alpha value is -1.76. The summed E-state index contributed by atoms with van der Waals surface area (Å²) in [6, 6.07) is 7.16. The van der Waals surface area contributed by atoms with Gasteiger partial charge in [-0.25, -0.2) is 0 Å². The van der Waals surface area contributed by atoms with Crippen molar-refractivity contribution in [3.63, 3.8) is 0 Å². The van der Waals surface area contributed by atoms with Crippen molar-refractivity contribution in [2.45, 2.75) is 31.6 Å². The molecule has 1 aliphatic rings. The number of benzene rings is 1. The molecule has 0 aromatic heterocycles. The minimum absolute atomic E-state index is 0.101. The first-order valence-corrected chi connectivity index (χ1v) is 6.63. The van der Waals surface area contributed by atoms with Crippen LogP contribution in [0.1, 0.15) is 18.4 Å². The van der Waals surface area contributed by atoms with E-state index in [-0.39, 0.29) is 6.04 Å². The SMILES string of the molecule is Nc1ccc(CN(C(=O)COCC(F)(F)F)C2CC2)cc1. The number of halogens is 3. The molecule has 0 atom stereocenters. The van der Waals surface area contributed by atoms with Gasteiger partial charge < -0.3 is 15.4 Å². The third-order valence-electron chi connectivity index (χ3n) is 3.13. The van der Waals surface area contributed by atoms with Gasteiger partial charge in [0.25, 0.3) is 0 Å². The van der Waals surface area contributed by atoms with Crippen molar-refractivity contribution in [3.8, 4) is 0 Å². The number of carbonyl (C=O) groups excluding carboxylic acids is 1. The number of alkyl halides is 3. The van der Waals surface area contributed by atoms with Crippen molar-refractivity contribution in [1.29, 1.82) is 0 Å². The molecule has 1 amide bonds. The van der Waals surface area contributed by atoms with Gasteiger partial charge in [-0.3, -0.25) is 4.79 Å². The molecule has 0 bridgehead atoms. The molecule has 1 fully saturated rings. The quantitative estimate of drug-likeness (QED) is 0.821. The predicted molar refractivity (Wildman–Crippen MR) is 71.3 cm³/mol. The lowest BCUT2D eigenvalue weighted by Crippen LogP contribution is -2.36. The largest absolute Gasteiger partial charge is 0.411 e. The van der Waals surface area contributed by atoms with Crippen LogP contribution >= 0.6 is 0 Å². The fourth-order valence-electron chi connectivity index (χ4n) is 1.96. The molecule has 2 rings (SSSR count). The number of ether oxygens (including phenoxy) is 1. The van der Waals surface area contributed by atoms with E-state index in [1.165, 1.54) is 0 Å². The van der Waals surface area contributed by atoms with Gasteiger partial charge in [-0.15, -0.1) is 0 Å². The standard InChI is InChI=1S/C14H17F3N2O2/c15-14(16,17)9-21-8-13(20)19(12-5-6-12)7-10-1-3-11(18)4-2-10/h1-4,12H,5-9,18H2. The van der Waals surface area contributed by atoms with E-state index in [2.05, 4.69) is 4.74 Å². The lowest BCUT2D eigenvalue weighted by molar-refractivity contribution is -0.178. The molecule has 0 aliphatic heterocycles. The summed E-state index contributed by atoms with van der Waals surface area (Å²) in [6.07, 6.45) is -2.67. The summed E-state index contributed by atoms with van der Waals surface area (Å²) in [4.78, 5) is 13.6. The fraction of sp³-hybridized carbons (Fsp3) is 0.500. The van der Waals surface area contributed by atoms with Crippen molar-refractivity contribution in [1.82, 2.24) is 4.90 Å². The van der Waals surface area contributed by atoms with Gasteiger partial charge >= 0.3 is 6.18 Å². The summed E-state index contributed by atoms with van der Waals surface area (Å²) in [7, 11) is 0. The Morgan fingerprint density at radius 3 is 2.43 bits per heavy atom. The number of hydrogen-bond donors (Lipinski definition) is 1. The first-order valence-electron chi connectivity index (χ1n) is 6.63. The molecule has 0 spiro atoms. The summed E-state index contributed by atoms with van der Waals surface area (Å²) in [5.74, 6) is -0.418. The zero-order chi connectivity index (χ0) is 15.5. The first-order chi connectivity index (χ1) is 9.85. The Kier molecular flexibility index (Phi) is 4.72. The normalized spacial score (nSPS) is 15.0. The summed E-state index contributed by atoms with van der Waals surface area (Å²) in [6.45, 7) is -1.59. The van der Waals surface area contributed by atoms with Gasteiger partial charge in [0.1, 0.15) is 13.2 Å². The third kappa shape index (κ3) is 5.26. The van der Waals surface area contributed by atoms with Crippen LogP contribution in [0.4, 0.5) is 18.9 Å². The van der Waals surface area contributed by atoms with E-state index in [0.29, 0.717) is 12.2 Å². The van der Waals surface area contributed by atoms with Crippen LogP contribution in [0.15, 0.2) is 24.3 Å². The fourth-order valence-corrected chi connectivity index (χ4v) is 1.96. The maximum atomic E-state index is 12.0. The molecule has 0 unspecified atom stereocenters. The molecular weight excluding hydrogens is 285 g/mol. The van der Waals surface area contributed by atoms with E-state index in [0.717, 1.165) is 18.4 Å². The van der Waals surface area contributed by atoms with Gasteiger partial charge in [-0.2, -0.15) is 13.2 Å². The average Bonchev–Trinajstić information content (AvgIpc) is 3.20. The minimum Gasteiger partial charge on any atom is -0.399 e. The molecule has 0 saturated heterocycles. The van der Waals surface area contributed by atoms with Crippen LogP contribution in [0.25, 0.3) is 0 Å². The number of nitrogen functional groups attached to an aromatic ring is 1. The van der Waals surface area contributed by atoms with Crippen LogP contribution in [0.3, 0.4) is 0 Å². The molecule has 0 heterocycles. The van der Waals surface area contributed by atoms with Gasteiger partial charge in [0, 0.05) is 18.3 Å². The molecule has 1 aromatic carbocycles. The number of carbonyl (C=O) groups is 1. The van der Waals surface area contributed by atoms with Gasteiger partial charge in [0.2, 0.25) is 5.91 Å². The Morgan fingerprint density at radius 2 is 1.90 bits per heavy atom. The molecule has 7 heteroatoms. The highest BCUT2D eigenvalue weighted by molar-refractivity contribution is 5.78. The van der Waals surface area contributed by atoms with Gasteiger partial charge in [0.15, 0.2) is 0 Å². The summed E-state index contributed by atoms with van der Waals surface area (Å²) < 4.78 is 40.4. The molecule has 116 valence electrons. The van der Waals surface area contributed by atoms with Gasteiger partial charge in [-0.05, 0) is 30.5 Å². The number of amides is 1. The Morgan fingerprint density at radius 1 is 1.29 bits per heavy atom. The summed E-state index contributed by atoms with van der Waals surface area (Å²) in [5, 5.41) is 0. The predicted octanol–water partition coefficient (Wildman–Crippen LogP) is 2.34. The van der Waals surface area contributed by atoms with Crippen molar-refractivity contribution in [2.75, 3.05) is 18.9 Å². The topological polar surface area (TPSA) is 55.6 Å². The van der Waals surface area contributed by atoms with E-state index < -0.39 is 25.3 Å². The van der Waals surface area contributed by atoms with Crippen LogP contribution in [-0.2, 0) is 16.1 Å². The molecular formula is C14H17F3N2O2. The average molecular weight is 302 g/mol. The molecule has 4 nitrogen and oxygen atoms in total. The maximum absolute atomic E-state index is 12.0. The first kappa shape index (κ1) is 15.6. The van der Waals surface area contributed by atoms with Crippen LogP contribution < -0.4 is 5.73 Å². The van der Waals surface area contributed by atoms with Gasteiger partial charge in [0.05, 0.1) is 0 Å². The number of anilines is 1. The van der Waals surface area contributed by atoms with Crippen molar-refractivity contribution in [2.24, 2.45) is 0 Å². The van der Waals surface area contributed by atoms with Crippen LogP contribution in [0, 0.1) is 0 Å². The minimum atomic E-state index is -4.42. The maximum Gasteiger partial charge on any atom is 0.411 e. The van der Waals surface area contributed by atoms with E-state index in [9.17, 15) is 18.0 Å². The highest BCUT2D eigenvalue weighted by Gasteiger charge is 2.33. The van der Waals surface area contributed by atoms with Crippen molar-refractivity contribution in [3.05, 3.63) is 29.8 Å². The molecule has 1 aromatic rings. The molecule has 2 N–H and O–H groups in total. The van der Waals surface area contributed by atoms with Crippen LogP contribution in [0.2, 0.25) is 0 Å². The second kappa shape index (κ2) is 6.34. The Labute approximate surface area is 120 Å². The Bertz CT molecular complexity index is 484. The van der Waals surface area contributed by atoms with Gasteiger partial charge in [-0.1, -0.05) is 12.1 Å². The van der Waals surface area contributed by atoms with Crippen LogP contribution in [-0.4, -0.2) is 36.2 Å². The van der Waals surface area contributed by atoms with E-state index >= 15 is 0 Å². The number of nitrogens with two attached hydrogens (primary N) is 1. The smallest absolute Gasteiger partial charge is 0.399 e. The molecule has 0 radical (unpaired) electrons. The highest BCUT2D eigenvalue weighted by Crippen LogP contribution is 2.28. The zero-order valence-corrected chi connectivity index (χ0v) is 11.4. The van der Waals surface area contributed by atoms with E-state index in [4.69, 9.17) is 5.73 Å². The van der Waals surface area contributed by atoms with E-state index in [1.54, 1.807) is 29.2 Å². The summed E-state index contributed by atoms with van der Waals surface area (Å²) >= 11 is 0. The lowest BCUT2D eigenvalue weighted by Gasteiger charge is -2.22.